The summed E-state index contributed by atoms with van der Waals surface area (Å²) in [5.74, 6) is 1.37. The van der Waals surface area contributed by atoms with E-state index in [-0.39, 0.29) is 24.7 Å². The van der Waals surface area contributed by atoms with Gasteiger partial charge in [-0.15, -0.1) is 0 Å². The summed E-state index contributed by atoms with van der Waals surface area (Å²) in [4.78, 5) is 14.0. The van der Waals surface area contributed by atoms with Gasteiger partial charge >= 0.3 is 0 Å². The van der Waals surface area contributed by atoms with Crippen LogP contribution in [-0.4, -0.2) is 30.0 Å². The summed E-state index contributed by atoms with van der Waals surface area (Å²) in [6.45, 7) is 5.56. The molecule has 3 aromatic rings. The van der Waals surface area contributed by atoms with Gasteiger partial charge in [-0.1, -0.05) is 66.7 Å². The van der Waals surface area contributed by atoms with E-state index in [1.807, 2.05) is 97.6 Å². The van der Waals surface area contributed by atoms with E-state index in [0.717, 1.165) is 16.7 Å². The summed E-state index contributed by atoms with van der Waals surface area (Å²) in [6, 6.07) is 26.1. The fraction of sp³-hybridized carbons (Fsp3) is 0.296. The van der Waals surface area contributed by atoms with Gasteiger partial charge in [0.1, 0.15) is 25.9 Å². The second-order valence-corrected chi connectivity index (χ2v) is 8.19. The van der Waals surface area contributed by atoms with Gasteiger partial charge in [-0.2, -0.15) is 0 Å². The third-order valence-corrected chi connectivity index (χ3v) is 5.53. The average molecular weight is 432 g/mol. The molecule has 5 heteroatoms. The zero-order chi connectivity index (χ0) is 22.3. The third kappa shape index (κ3) is 5.48. The molecule has 0 bridgehead atoms. The Labute approximate surface area is 189 Å². The molecule has 0 aliphatic carbocycles. The first-order valence-electron chi connectivity index (χ1n) is 11.0. The lowest BCUT2D eigenvalue weighted by atomic mass is 10.1. The molecule has 0 N–H and O–H groups in total. The molecule has 1 fully saturated rings. The Morgan fingerprint density at radius 2 is 1.47 bits per heavy atom. The van der Waals surface area contributed by atoms with Crippen LogP contribution in [-0.2, 0) is 22.7 Å². The summed E-state index contributed by atoms with van der Waals surface area (Å²) in [5, 5.41) is 0. The smallest absolute Gasteiger partial charge is 0.248 e. The van der Waals surface area contributed by atoms with Gasteiger partial charge in [0.2, 0.25) is 5.91 Å². The topological polar surface area (TPSA) is 48.0 Å². The Morgan fingerprint density at radius 3 is 2.06 bits per heavy atom. The van der Waals surface area contributed by atoms with Crippen molar-refractivity contribution in [2.24, 2.45) is 0 Å². The maximum atomic E-state index is 12.2. The quantitative estimate of drug-likeness (QED) is 0.495. The molecule has 4 rings (SSSR count). The molecule has 1 aliphatic rings. The van der Waals surface area contributed by atoms with Gasteiger partial charge < -0.3 is 19.1 Å². The molecule has 0 spiro atoms. The maximum absolute atomic E-state index is 12.2. The van der Waals surface area contributed by atoms with Crippen LogP contribution in [0.25, 0.3) is 0 Å². The molecular weight excluding hydrogens is 402 g/mol. The minimum Gasteiger partial charge on any atom is -0.485 e. The minimum atomic E-state index is -0.197. The van der Waals surface area contributed by atoms with Crippen molar-refractivity contribution in [3.8, 4) is 11.5 Å². The summed E-state index contributed by atoms with van der Waals surface area (Å²) in [6.07, 6.45) is -0.197. The number of hydrogen-bond donors (Lipinski definition) is 0. The highest BCUT2D eigenvalue weighted by atomic mass is 16.5. The lowest BCUT2D eigenvalue weighted by Gasteiger charge is -2.35. The molecule has 0 aromatic heterocycles. The van der Waals surface area contributed by atoms with Crippen molar-refractivity contribution >= 4 is 5.91 Å². The molecule has 32 heavy (non-hydrogen) atoms. The zero-order valence-corrected chi connectivity index (χ0v) is 18.6. The van der Waals surface area contributed by atoms with Crippen molar-refractivity contribution in [3.63, 3.8) is 0 Å². The van der Waals surface area contributed by atoms with Gasteiger partial charge in [0, 0.05) is 6.04 Å². The van der Waals surface area contributed by atoms with E-state index >= 15 is 0 Å². The van der Waals surface area contributed by atoms with Crippen LogP contribution in [0.2, 0.25) is 0 Å². The fourth-order valence-electron chi connectivity index (χ4n) is 3.72. The number of carbonyl (C=O) groups is 1. The standard InChI is InChI=1S/C27H29NO4/c1-20(2)28-16-26(32-19-27(28)29)23-13-14-24(30-17-21-9-5-3-6-10-21)25(15-23)31-18-22-11-7-4-8-12-22/h3-15,20,26H,16-19H2,1-2H3. The number of carbonyl (C=O) groups excluding carboxylic acids is 1. The number of morpholine rings is 1. The second-order valence-electron chi connectivity index (χ2n) is 8.19. The molecule has 0 saturated carbocycles. The monoisotopic (exact) mass is 431 g/mol. The summed E-state index contributed by atoms with van der Waals surface area (Å²) in [5.41, 5.74) is 3.14. The van der Waals surface area contributed by atoms with Crippen LogP contribution in [0.15, 0.2) is 78.9 Å². The molecule has 166 valence electrons. The van der Waals surface area contributed by atoms with Crippen LogP contribution >= 0.6 is 0 Å². The van der Waals surface area contributed by atoms with E-state index in [2.05, 4.69) is 0 Å². The first-order valence-corrected chi connectivity index (χ1v) is 11.0. The third-order valence-electron chi connectivity index (χ3n) is 5.53. The lowest BCUT2D eigenvalue weighted by molar-refractivity contribution is -0.151. The van der Waals surface area contributed by atoms with Crippen molar-refractivity contribution in [3.05, 3.63) is 95.6 Å². The molecule has 1 unspecified atom stereocenters. The van der Waals surface area contributed by atoms with Crippen LogP contribution in [0.4, 0.5) is 0 Å². The molecule has 0 radical (unpaired) electrons. The van der Waals surface area contributed by atoms with E-state index in [0.29, 0.717) is 31.3 Å². The van der Waals surface area contributed by atoms with E-state index in [1.54, 1.807) is 0 Å². The second kappa shape index (κ2) is 10.3. The summed E-state index contributed by atoms with van der Waals surface area (Å²) in [7, 11) is 0. The van der Waals surface area contributed by atoms with E-state index in [4.69, 9.17) is 14.2 Å². The van der Waals surface area contributed by atoms with E-state index < -0.39 is 0 Å². The van der Waals surface area contributed by atoms with Gasteiger partial charge in [0.25, 0.3) is 0 Å². The fourth-order valence-corrected chi connectivity index (χ4v) is 3.72. The van der Waals surface area contributed by atoms with Gasteiger partial charge in [-0.25, -0.2) is 0 Å². The van der Waals surface area contributed by atoms with Crippen LogP contribution in [0.5, 0.6) is 11.5 Å². The predicted molar refractivity (Wildman–Crippen MR) is 124 cm³/mol. The van der Waals surface area contributed by atoms with Gasteiger partial charge in [-0.05, 0) is 42.7 Å². The molecule has 1 amide bonds. The van der Waals surface area contributed by atoms with Crippen molar-refractivity contribution in [2.75, 3.05) is 13.2 Å². The largest absolute Gasteiger partial charge is 0.485 e. The Hall–Kier alpha value is -3.31. The molecule has 1 heterocycles. The van der Waals surface area contributed by atoms with Gasteiger partial charge in [0.05, 0.1) is 6.54 Å². The normalized spacial score (nSPS) is 16.3. The average Bonchev–Trinajstić information content (AvgIpc) is 2.83. The number of nitrogens with zero attached hydrogens (tertiary/aromatic N) is 1. The highest BCUT2D eigenvalue weighted by molar-refractivity contribution is 5.78. The van der Waals surface area contributed by atoms with Crippen LogP contribution in [0.3, 0.4) is 0 Å². The van der Waals surface area contributed by atoms with Crippen LogP contribution < -0.4 is 9.47 Å². The SMILES string of the molecule is CC(C)N1CC(c2ccc(OCc3ccccc3)c(OCc3ccccc3)c2)OCC1=O. The number of ether oxygens (including phenoxy) is 3. The van der Waals surface area contributed by atoms with Crippen molar-refractivity contribution in [1.82, 2.24) is 4.90 Å². The Bertz CT molecular complexity index is 1020. The summed E-state index contributed by atoms with van der Waals surface area (Å²) < 4.78 is 18.1. The maximum Gasteiger partial charge on any atom is 0.248 e. The molecule has 1 atom stereocenters. The van der Waals surface area contributed by atoms with Crippen LogP contribution in [0.1, 0.15) is 36.6 Å². The first kappa shape index (κ1) is 21.9. The molecule has 5 nitrogen and oxygen atoms in total. The highest BCUT2D eigenvalue weighted by Gasteiger charge is 2.29. The lowest BCUT2D eigenvalue weighted by Crippen LogP contribution is -2.46. The molecular formula is C27H29NO4. The first-order chi connectivity index (χ1) is 15.6. The minimum absolute atomic E-state index is 0.0274. The van der Waals surface area contributed by atoms with E-state index in [9.17, 15) is 4.79 Å². The van der Waals surface area contributed by atoms with Gasteiger partial charge in [0.15, 0.2) is 11.5 Å². The van der Waals surface area contributed by atoms with Crippen molar-refractivity contribution < 1.29 is 19.0 Å². The Balaban J connectivity index is 1.54. The predicted octanol–water partition coefficient (Wildman–Crippen LogP) is 5.15. The molecule has 3 aromatic carbocycles. The zero-order valence-electron chi connectivity index (χ0n) is 18.6. The molecule has 1 aliphatic heterocycles. The number of hydrogen-bond acceptors (Lipinski definition) is 4. The molecule has 1 saturated heterocycles. The van der Waals surface area contributed by atoms with Crippen LogP contribution in [0, 0.1) is 0 Å². The highest BCUT2D eigenvalue weighted by Crippen LogP contribution is 2.34. The number of rotatable bonds is 8. The Morgan fingerprint density at radius 1 is 0.875 bits per heavy atom. The summed E-state index contributed by atoms with van der Waals surface area (Å²) >= 11 is 0. The number of amides is 1. The van der Waals surface area contributed by atoms with Crippen molar-refractivity contribution in [1.29, 1.82) is 0 Å². The van der Waals surface area contributed by atoms with Gasteiger partial charge in [-0.3, -0.25) is 4.79 Å². The van der Waals surface area contributed by atoms with Crippen molar-refractivity contribution in [2.45, 2.75) is 39.2 Å². The van der Waals surface area contributed by atoms with E-state index in [1.165, 1.54) is 0 Å². The Kier molecular flexibility index (Phi) is 7.07. The number of benzene rings is 3.